The summed E-state index contributed by atoms with van der Waals surface area (Å²) in [7, 11) is 0. The Balaban J connectivity index is 1.92. The van der Waals surface area contributed by atoms with Crippen molar-refractivity contribution in [1.29, 1.82) is 0 Å². The largest absolute Gasteiger partial charge is 0.491 e. The second kappa shape index (κ2) is 6.90. The quantitative estimate of drug-likeness (QED) is 0.862. The third-order valence-electron chi connectivity index (χ3n) is 2.73. The molecule has 0 spiro atoms. The molecule has 1 aromatic carbocycles. The zero-order valence-corrected chi connectivity index (χ0v) is 11.5. The van der Waals surface area contributed by atoms with Gasteiger partial charge in [0, 0.05) is 31.0 Å². The lowest BCUT2D eigenvalue weighted by atomic mass is 10.2. The van der Waals surface area contributed by atoms with Crippen LogP contribution in [0.1, 0.15) is 25.0 Å². The van der Waals surface area contributed by atoms with Crippen LogP contribution in [-0.4, -0.2) is 11.1 Å². The van der Waals surface area contributed by atoms with Gasteiger partial charge in [0.2, 0.25) is 0 Å². The molecule has 0 radical (unpaired) electrons. The lowest BCUT2D eigenvalue weighted by Crippen LogP contribution is -2.15. The van der Waals surface area contributed by atoms with Crippen LogP contribution >= 0.6 is 0 Å². The van der Waals surface area contributed by atoms with E-state index in [0.29, 0.717) is 0 Å². The predicted molar refractivity (Wildman–Crippen MR) is 77.0 cm³/mol. The average Bonchev–Trinajstić information content (AvgIpc) is 2.41. The third-order valence-corrected chi connectivity index (χ3v) is 2.73. The number of para-hydroxylation sites is 1. The summed E-state index contributed by atoms with van der Waals surface area (Å²) in [4.78, 5) is 4.01. The number of aromatic nitrogens is 1. The molecule has 0 aliphatic carbocycles. The highest BCUT2D eigenvalue weighted by atomic mass is 16.5. The SMILES string of the molecule is CC(C)Oc1ccccc1CNCc1ccncc1. The summed E-state index contributed by atoms with van der Waals surface area (Å²) in [5.74, 6) is 0.958. The summed E-state index contributed by atoms with van der Waals surface area (Å²) in [6.07, 6.45) is 3.82. The number of nitrogens with one attached hydrogen (secondary N) is 1. The summed E-state index contributed by atoms with van der Waals surface area (Å²) in [5.41, 5.74) is 2.42. The Hall–Kier alpha value is -1.87. The minimum Gasteiger partial charge on any atom is -0.491 e. The normalized spacial score (nSPS) is 10.7. The lowest BCUT2D eigenvalue weighted by Gasteiger charge is -2.14. The summed E-state index contributed by atoms with van der Waals surface area (Å²) < 4.78 is 5.80. The smallest absolute Gasteiger partial charge is 0.124 e. The Morgan fingerprint density at radius 1 is 1.05 bits per heavy atom. The number of pyridine rings is 1. The molecule has 0 unspecified atom stereocenters. The van der Waals surface area contributed by atoms with E-state index in [1.165, 1.54) is 11.1 Å². The minimum atomic E-state index is 0.196. The van der Waals surface area contributed by atoms with E-state index in [-0.39, 0.29) is 6.10 Å². The standard InChI is InChI=1S/C16H20N2O/c1-13(2)19-16-6-4-3-5-15(16)12-18-11-14-7-9-17-10-8-14/h3-10,13,18H,11-12H2,1-2H3. The number of rotatable bonds is 6. The fraction of sp³-hybridized carbons (Fsp3) is 0.312. The maximum atomic E-state index is 5.80. The van der Waals surface area contributed by atoms with Gasteiger partial charge >= 0.3 is 0 Å². The number of ether oxygens (including phenoxy) is 1. The van der Waals surface area contributed by atoms with Crippen molar-refractivity contribution >= 4 is 0 Å². The summed E-state index contributed by atoms with van der Waals surface area (Å²) >= 11 is 0. The monoisotopic (exact) mass is 256 g/mol. The number of nitrogens with zero attached hydrogens (tertiary/aromatic N) is 1. The highest BCUT2D eigenvalue weighted by molar-refractivity contribution is 5.33. The summed E-state index contributed by atoms with van der Waals surface area (Å²) in [5, 5.41) is 3.42. The molecular weight excluding hydrogens is 236 g/mol. The molecule has 100 valence electrons. The molecule has 3 nitrogen and oxygen atoms in total. The first-order valence-electron chi connectivity index (χ1n) is 6.60. The number of benzene rings is 1. The Morgan fingerprint density at radius 2 is 1.79 bits per heavy atom. The van der Waals surface area contributed by atoms with E-state index >= 15 is 0 Å². The van der Waals surface area contributed by atoms with Gasteiger partial charge in [-0.05, 0) is 37.6 Å². The molecule has 0 amide bonds. The maximum Gasteiger partial charge on any atom is 0.124 e. The van der Waals surface area contributed by atoms with Crippen LogP contribution in [0.25, 0.3) is 0 Å². The molecule has 1 aromatic heterocycles. The van der Waals surface area contributed by atoms with Crippen molar-refractivity contribution in [3.8, 4) is 5.75 Å². The van der Waals surface area contributed by atoms with E-state index in [1.54, 1.807) is 0 Å². The van der Waals surface area contributed by atoms with Crippen molar-refractivity contribution in [3.05, 3.63) is 59.9 Å². The second-order valence-corrected chi connectivity index (χ2v) is 4.73. The molecule has 3 heteroatoms. The molecule has 0 fully saturated rings. The number of hydrogen-bond acceptors (Lipinski definition) is 3. The van der Waals surface area contributed by atoms with E-state index in [9.17, 15) is 0 Å². The summed E-state index contributed by atoms with van der Waals surface area (Å²) in [6.45, 7) is 5.71. The van der Waals surface area contributed by atoms with Gasteiger partial charge < -0.3 is 10.1 Å². The zero-order valence-electron chi connectivity index (χ0n) is 11.5. The van der Waals surface area contributed by atoms with Crippen LogP contribution in [0.3, 0.4) is 0 Å². The third kappa shape index (κ3) is 4.38. The lowest BCUT2D eigenvalue weighted by molar-refractivity contribution is 0.239. The first-order valence-corrected chi connectivity index (χ1v) is 6.60. The molecule has 2 aromatic rings. The first kappa shape index (κ1) is 13.6. The first-order chi connectivity index (χ1) is 9.25. The van der Waals surface area contributed by atoms with Crippen LogP contribution in [-0.2, 0) is 13.1 Å². The Morgan fingerprint density at radius 3 is 2.53 bits per heavy atom. The molecule has 1 N–H and O–H groups in total. The fourth-order valence-corrected chi connectivity index (χ4v) is 1.86. The van der Waals surface area contributed by atoms with Crippen molar-refractivity contribution in [2.45, 2.75) is 33.0 Å². The van der Waals surface area contributed by atoms with Crippen molar-refractivity contribution in [1.82, 2.24) is 10.3 Å². The molecule has 0 bridgehead atoms. The molecule has 1 heterocycles. The highest BCUT2D eigenvalue weighted by Gasteiger charge is 2.04. The average molecular weight is 256 g/mol. The van der Waals surface area contributed by atoms with Gasteiger partial charge in [-0.3, -0.25) is 4.98 Å². The summed E-state index contributed by atoms with van der Waals surface area (Å²) in [6, 6.07) is 12.2. The Kier molecular flexibility index (Phi) is 4.93. The van der Waals surface area contributed by atoms with E-state index in [0.717, 1.165) is 18.8 Å². The van der Waals surface area contributed by atoms with Crippen LogP contribution in [0.4, 0.5) is 0 Å². The number of hydrogen-bond donors (Lipinski definition) is 1. The van der Waals surface area contributed by atoms with Crippen molar-refractivity contribution in [2.75, 3.05) is 0 Å². The molecule has 0 saturated carbocycles. The Bertz CT molecular complexity index is 497. The van der Waals surface area contributed by atoms with Gasteiger partial charge in [-0.25, -0.2) is 0 Å². The van der Waals surface area contributed by atoms with E-state index in [2.05, 4.69) is 16.4 Å². The van der Waals surface area contributed by atoms with Crippen LogP contribution < -0.4 is 10.1 Å². The van der Waals surface area contributed by atoms with Gasteiger partial charge in [-0.2, -0.15) is 0 Å². The minimum absolute atomic E-state index is 0.196. The molecule has 0 aliphatic heterocycles. The maximum absolute atomic E-state index is 5.80. The highest BCUT2D eigenvalue weighted by Crippen LogP contribution is 2.19. The molecule has 0 saturated heterocycles. The molecular formula is C16H20N2O. The molecule has 0 aliphatic rings. The van der Waals surface area contributed by atoms with Crippen molar-refractivity contribution in [2.24, 2.45) is 0 Å². The van der Waals surface area contributed by atoms with Gasteiger partial charge in [0.05, 0.1) is 6.10 Å². The van der Waals surface area contributed by atoms with Gasteiger partial charge in [-0.15, -0.1) is 0 Å². The van der Waals surface area contributed by atoms with E-state index in [4.69, 9.17) is 4.74 Å². The van der Waals surface area contributed by atoms with Gasteiger partial charge in [0.25, 0.3) is 0 Å². The van der Waals surface area contributed by atoms with Crippen LogP contribution in [0.15, 0.2) is 48.8 Å². The predicted octanol–water partition coefficient (Wildman–Crippen LogP) is 3.16. The van der Waals surface area contributed by atoms with Gasteiger partial charge in [0.15, 0.2) is 0 Å². The zero-order chi connectivity index (χ0) is 13.5. The topological polar surface area (TPSA) is 34.1 Å². The Labute approximate surface area is 114 Å². The van der Waals surface area contributed by atoms with Crippen LogP contribution in [0, 0.1) is 0 Å². The second-order valence-electron chi connectivity index (χ2n) is 4.73. The van der Waals surface area contributed by atoms with Crippen LogP contribution in [0.2, 0.25) is 0 Å². The van der Waals surface area contributed by atoms with Crippen molar-refractivity contribution in [3.63, 3.8) is 0 Å². The van der Waals surface area contributed by atoms with E-state index in [1.807, 2.05) is 56.6 Å². The molecule has 2 rings (SSSR count). The van der Waals surface area contributed by atoms with Crippen molar-refractivity contribution < 1.29 is 4.74 Å². The molecule has 0 atom stereocenters. The molecule has 19 heavy (non-hydrogen) atoms. The van der Waals surface area contributed by atoms with Gasteiger partial charge in [-0.1, -0.05) is 18.2 Å². The van der Waals surface area contributed by atoms with Gasteiger partial charge in [0.1, 0.15) is 5.75 Å². The fourth-order valence-electron chi connectivity index (χ4n) is 1.86. The van der Waals surface area contributed by atoms with Crippen LogP contribution in [0.5, 0.6) is 5.75 Å². The van der Waals surface area contributed by atoms with E-state index < -0.39 is 0 Å².